The minimum Gasteiger partial charge on any atom is -0.393 e. The maximum atomic E-state index is 12.1. The Morgan fingerprint density at radius 3 is 2.22 bits per heavy atom. The first-order valence-corrected chi connectivity index (χ1v) is 7.73. The normalized spacial score (nSPS) is 25.0. The molecule has 4 nitrogen and oxygen atoms in total. The zero-order chi connectivity index (χ0) is 13.2. The van der Waals surface area contributed by atoms with Crippen molar-refractivity contribution in [3.05, 3.63) is 29.8 Å². The molecule has 0 aliphatic heterocycles. The van der Waals surface area contributed by atoms with Crippen LogP contribution in [0, 0.1) is 6.92 Å². The molecule has 2 N–H and O–H groups in total. The number of sulfonamides is 1. The average Bonchev–Trinajstić information content (AvgIpc) is 2.32. The summed E-state index contributed by atoms with van der Waals surface area (Å²) in [7, 11) is -3.43. The van der Waals surface area contributed by atoms with Gasteiger partial charge < -0.3 is 5.11 Å². The first kappa shape index (κ1) is 13.5. The number of benzene rings is 1. The summed E-state index contributed by atoms with van der Waals surface area (Å²) in [4.78, 5) is 0.305. The average molecular weight is 269 g/mol. The lowest BCUT2D eigenvalue weighted by molar-refractivity contribution is 0.120. The number of aliphatic hydroxyl groups is 1. The van der Waals surface area contributed by atoms with Crippen LogP contribution in [0.15, 0.2) is 29.2 Å². The Labute approximate surface area is 108 Å². The molecular weight excluding hydrogens is 250 g/mol. The molecule has 1 aliphatic rings. The largest absolute Gasteiger partial charge is 0.393 e. The Hall–Kier alpha value is -0.910. The molecule has 0 heterocycles. The maximum Gasteiger partial charge on any atom is 0.240 e. The van der Waals surface area contributed by atoms with E-state index in [2.05, 4.69) is 4.72 Å². The van der Waals surface area contributed by atoms with Crippen molar-refractivity contribution in [3.8, 4) is 0 Å². The minimum absolute atomic E-state index is 0.0558. The highest BCUT2D eigenvalue weighted by Gasteiger charge is 2.24. The molecule has 1 aromatic rings. The fourth-order valence-electron chi connectivity index (χ4n) is 2.20. The SMILES string of the molecule is Cc1ccc(S(=O)(=O)N[C@H]2CC[C@H](O)CC2)cc1. The van der Waals surface area contributed by atoms with Crippen molar-refractivity contribution in [2.24, 2.45) is 0 Å². The Morgan fingerprint density at radius 1 is 1.11 bits per heavy atom. The molecule has 0 atom stereocenters. The van der Waals surface area contributed by atoms with Crippen LogP contribution in [-0.2, 0) is 10.0 Å². The van der Waals surface area contributed by atoms with Gasteiger partial charge in [-0.15, -0.1) is 0 Å². The summed E-state index contributed by atoms with van der Waals surface area (Å²) in [6, 6.07) is 6.77. The molecule has 0 aromatic heterocycles. The maximum absolute atomic E-state index is 12.1. The van der Waals surface area contributed by atoms with Crippen molar-refractivity contribution >= 4 is 10.0 Å². The van der Waals surface area contributed by atoms with Crippen molar-refractivity contribution in [1.82, 2.24) is 4.72 Å². The van der Waals surface area contributed by atoms with Crippen molar-refractivity contribution in [2.45, 2.75) is 49.6 Å². The second kappa shape index (κ2) is 5.38. The number of hydrogen-bond donors (Lipinski definition) is 2. The van der Waals surface area contributed by atoms with Crippen molar-refractivity contribution in [2.75, 3.05) is 0 Å². The molecular formula is C13H19NO3S. The van der Waals surface area contributed by atoms with E-state index in [1.54, 1.807) is 24.3 Å². The van der Waals surface area contributed by atoms with E-state index in [1.165, 1.54) is 0 Å². The third-order valence-corrected chi connectivity index (χ3v) is 4.89. The van der Waals surface area contributed by atoms with Crippen molar-refractivity contribution < 1.29 is 13.5 Å². The Balaban J connectivity index is 2.05. The van der Waals surface area contributed by atoms with Crippen molar-refractivity contribution in [1.29, 1.82) is 0 Å². The van der Waals surface area contributed by atoms with Gasteiger partial charge in [-0.05, 0) is 44.7 Å². The van der Waals surface area contributed by atoms with Crippen LogP contribution < -0.4 is 4.72 Å². The molecule has 0 radical (unpaired) electrons. The number of aliphatic hydroxyl groups excluding tert-OH is 1. The summed E-state index contributed by atoms with van der Waals surface area (Å²) in [5.74, 6) is 0. The highest BCUT2D eigenvalue weighted by atomic mass is 32.2. The Morgan fingerprint density at radius 2 is 1.67 bits per heavy atom. The molecule has 1 aromatic carbocycles. The number of aryl methyl sites for hydroxylation is 1. The van der Waals surface area contributed by atoms with Crippen LogP contribution in [0.5, 0.6) is 0 Å². The van der Waals surface area contributed by atoms with Gasteiger partial charge in [-0.1, -0.05) is 17.7 Å². The van der Waals surface area contributed by atoms with Gasteiger partial charge in [-0.3, -0.25) is 0 Å². The fourth-order valence-corrected chi connectivity index (χ4v) is 3.50. The third-order valence-electron chi connectivity index (χ3n) is 3.35. The first-order chi connectivity index (χ1) is 8.47. The quantitative estimate of drug-likeness (QED) is 0.875. The second-order valence-corrected chi connectivity index (χ2v) is 6.65. The van der Waals surface area contributed by atoms with Crippen LogP contribution in [0.4, 0.5) is 0 Å². The van der Waals surface area contributed by atoms with Crippen LogP contribution in [0.25, 0.3) is 0 Å². The summed E-state index contributed by atoms with van der Waals surface area (Å²) in [5, 5.41) is 9.40. The van der Waals surface area contributed by atoms with E-state index in [0.29, 0.717) is 30.6 Å². The van der Waals surface area contributed by atoms with E-state index < -0.39 is 10.0 Å². The number of rotatable bonds is 3. The van der Waals surface area contributed by atoms with E-state index in [4.69, 9.17) is 0 Å². The van der Waals surface area contributed by atoms with Crippen LogP contribution in [0.1, 0.15) is 31.2 Å². The van der Waals surface area contributed by atoms with Crippen LogP contribution in [0.2, 0.25) is 0 Å². The molecule has 0 unspecified atom stereocenters. The van der Waals surface area contributed by atoms with E-state index >= 15 is 0 Å². The summed E-state index contributed by atoms with van der Waals surface area (Å²) in [6.07, 6.45) is 2.46. The van der Waals surface area contributed by atoms with Gasteiger partial charge >= 0.3 is 0 Å². The van der Waals surface area contributed by atoms with Gasteiger partial charge in [0, 0.05) is 6.04 Å². The van der Waals surface area contributed by atoms with Crippen LogP contribution in [0.3, 0.4) is 0 Å². The highest BCUT2D eigenvalue weighted by Crippen LogP contribution is 2.20. The molecule has 2 rings (SSSR count). The predicted molar refractivity (Wildman–Crippen MR) is 69.8 cm³/mol. The molecule has 1 saturated carbocycles. The molecule has 0 saturated heterocycles. The second-order valence-electron chi connectivity index (χ2n) is 4.94. The lowest BCUT2D eigenvalue weighted by atomic mass is 9.94. The topological polar surface area (TPSA) is 66.4 Å². The van der Waals surface area contributed by atoms with Crippen molar-refractivity contribution in [3.63, 3.8) is 0 Å². The molecule has 0 spiro atoms. The van der Waals surface area contributed by atoms with Crippen LogP contribution in [-0.4, -0.2) is 25.7 Å². The fraction of sp³-hybridized carbons (Fsp3) is 0.538. The van der Waals surface area contributed by atoms with E-state index in [-0.39, 0.29) is 12.1 Å². The van der Waals surface area contributed by atoms with E-state index in [1.807, 2.05) is 6.92 Å². The monoisotopic (exact) mass is 269 g/mol. The molecule has 100 valence electrons. The van der Waals surface area contributed by atoms with Crippen LogP contribution >= 0.6 is 0 Å². The third kappa shape index (κ3) is 3.31. The zero-order valence-electron chi connectivity index (χ0n) is 10.5. The van der Waals surface area contributed by atoms with Gasteiger partial charge in [-0.2, -0.15) is 0 Å². The smallest absolute Gasteiger partial charge is 0.240 e. The summed E-state index contributed by atoms with van der Waals surface area (Å²) >= 11 is 0. The molecule has 1 fully saturated rings. The number of nitrogens with one attached hydrogen (secondary N) is 1. The predicted octanol–water partition coefficient (Wildman–Crippen LogP) is 1.58. The number of hydrogen-bond acceptors (Lipinski definition) is 3. The lowest BCUT2D eigenvalue weighted by Crippen LogP contribution is -2.38. The van der Waals surface area contributed by atoms with Gasteiger partial charge in [0.05, 0.1) is 11.0 Å². The zero-order valence-corrected chi connectivity index (χ0v) is 11.3. The minimum atomic E-state index is -3.43. The summed E-state index contributed by atoms with van der Waals surface area (Å²) in [5.41, 5.74) is 1.04. The molecule has 0 amide bonds. The van der Waals surface area contributed by atoms with Gasteiger partial charge in [0.1, 0.15) is 0 Å². The molecule has 0 bridgehead atoms. The Kier molecular flexibility index (Phi) is 4.04. The Bertz CT molecular complexity index is 487. The molecule has 1 aliphatic carbocycles. The highest BCUT2D eigenvalue weighted by molar-refractivity contribution is 7.89. The molecule has 5 heteroatoms. The lowest BCUT2D eigenvalue weighted by Gasteiger charge is -2.25. The van der Waals surface area contributed by atoms with E-state index in [9.17, 15) is 13.5 Å². The molecule has 18 heavy (non-hydrogen) atoms. The first-order valence-electron chi connectivity index (χ1n) is 6.24. The van der Waals surface area contributed by atoms with E-state index in [0.717, 1.165) is 5.56 Å². The summed E-state index contributed by atoms with van der Waals surface area (Å²) in [6.45, 7) is 1.92. The standard InChI is InChI=1S/C13H19NO3S/c1-10-2-8-13(9-3-10)18(16,17)14-11-4-6-12(15)7-5-11/h2-3,8-9,11-12,14-15H,4-7H2,1H3/t11-,12-. The van der Waals surface area contributed by atoms with Gasteiger partial charge in [-0.25, -0.2) is 13.1 Å². The van der Waals surface area contributed by atoms with Gasteiger partial charge in [0.15, 0.2) is 0 Å². The van der Waals surface area contributed by atoms with Gasteiger partial charge in [0.25, 0.3) is 0 Å². The summed E-state index contributed by atoms with van der Waals surface area (Å²) < 4.78 is 27.0. The van der Waals surface area contributed by atoms with Gasteiger partial charge in [0.2, 0.25) is 10.0 Å².